The van der Waals surface area contributed by atoms with E-state index in [4.69, 9.17) is 0 Å². The highest BCUT2D eigenvalue weighted by atomic mass is 79.9. The molecule has 2 aromatic rings. The number of anilines is 1. The van der Waals surface area contributed by atoms with Crippen molar-refractivity contribution in [3.63, 3.8) is 0 Å². The lowest BCUT2D eigenvalue weighted by Gasteiger charge is -2.15. The Morgan fingerprint density at radius 2 is 1.88 bits per heavy atom. The van der Waals surface area contributed by atoms with Gasteiger partial charge in [0, 0.05) is 14.9 Å². The zero-order valence-corrected chi connectivity index (χ0v) is 15.5. The van der Waals surface area contributed by atoms with Gasteiger partial charge >= 0.3 is 0 Å². The molecule has 0 saturated heterocycles. The summed E-state index contributed by atoms with van der Waals surface area (Å²) in [5, 5.41) is 2.72. The fraction of sp³-hybridized carbons (Fsp3) is 0.235. The fourth-order valence-electron chi connectivity index (χ4n) is 2.25. The van der Waals surface area contributed by atoms with E-state index in [2.05, 4.69) is 21.2 Å². The zero-order chi connectivity index (χ0) is 17.5. The number of benzene rings is 2. The summed E-state index contributed by atoms with van der Waals surface area (Å²) in [5.41, 5.74) is 1.54. The van der Waals surface area contributed by atoms with Crippen molar-refractivity contribution < 1.29 is 18.5 Å². The molecule has 0 radical (unpaired) electrons. The van der Waals surface area contributed by atoms with Crippen LogP contribution in [0, 0.1) is 0 Å². The molecule has 0 spiro atoms. The quantitative estimate of drug-likeness (QED) is 0.679. The van der Waals surface area contributed by atoms with Gasteiger partial charge < -0.3 is 10.2 Å². The Kier molecular flexibility index (Phi) is 7.20. The number of rotatable bonds is 7. The number of carbonyl (C=O) groups excluding carboxylic acids is 1. The molecule has 0 aliphatic rings. The van der Waals surface area contributed by atoms with E-state index >= 15 is 0 Å². The molecule has 0 bridgehead atoms. The van der Waals surface area contributed by atoms with Crippen LogP contribution in [-0.4, -0.2) is 25.3 Å². The lowest BCUT2D eigenvalue weighted by atomic mass is 10.2. The molecule has 1 unspecified atom stereocenters. The number of likely N-dealkylation sites (N-methyl/N-ethyl adjacent to an activating group) is 1. The van der Waals surface area contributed by atoms with Gasteiger partial charge in [-0.05, 0) is 24.3 Å². The highest BCUT2D eigenvalue weighted by molar-refractivity contribution is 9.10. The normalized spacial score (nSPS) is 12.2. The molecule has 7 heteroatoms. The van der Waals surface area contributed by atoms with E-state index in [1.54, 1.807) is 24.3 Å². The molecule has 0 aromatic heterocycles. The number of carbonyl (C=O) groups is 1. The first-order valence-electron chi connectivity index (χ1n) is 7.33. The maximum Gasteiger partial charge on any atom is 0.288 e. The van der Waals surface area contributed by atoms with E-state index in [-0.39, 0.29) is 12.5 Å². The van der Waals surface area contributed by atoms with Crippen LogP contribution in [0.3, 0.4) is 0 Å². The van der Waals surface area contributed by atoms with Crippen molar-refractivity contribution in [2.24, 2.45) is 0 Å². The highest BCUT2D eigenvalue weighted by Gasteiger charge is 2.14. The Morgan fingerprint density at radius 3 is 2.54 bits per heavy atom. The van der Waals surface area contributed by atoms with Crippen molar-refractivity contribution in [3.05, 3.63) is 58.6 Å². The number of quaternary nitrogens is 1. The van der Waals surface area contributed by atoms with Crippen molar-refractivity contribution in [2.75, 3.05) is 18.9 Å². The van der Waals surface area contributed by atoms with Crippen molar-refractivity contribution in [1.29, 1.82) is 0 Å². The topological polar surface area (TPSA) is 33.5 Å². The van der Waals surface area contributed by atoms with Gasteiger partial charge in [-0.25, -0.2) is 0 Å². The number of thioether (sulfide) groups is 1. The molecule has 1 atom stereocenters. The molecule has 2 N–H and O–H groups in total. The summed E-state index contributed by atoms with van der Waals surface area (Å²) in [6.45, 7) is 0.956. The molecular formula is C17H18BrF2N2OS+. The smallest absolute Gasteiger partial charge is 0.288 e. The molecule has 0 fully saturated rings. The number of nitrogens with one attached hydrogen (secondary N) is 2. The summed E-state index contributed by atoms with van der Waals surface area (Å²) in [7, 11) is 1.92. The van der Waals surface area contributed by atoms with Gasteiger partial charge in [-0.2, -0.15) is 8.78 Å². The largest absolute Gasteiger partial charge is 0.326 e. The average molecular weight is 416 g/mol. The van der Waals surface area contributed by atoms with E-state index in [0.717, 1.165) is 14.9 Å². The summed E-state index contributed by atoms with van der Waals surface area (Å²) >= 11 is 3.82. The van der Waals surface area contributed by atoms with Crippen LogP contribution in [0.15, 0.2) is 57.9 Å². The van der Waals surface area contributed by atoms with Crippen molar-refractivity contribution in [3.8, 4) is 0 Å². The Labute approximate surface area is 152 Å². The molecule has 0 aliphatic carbocycles. The summed E-state index contributed by atoms with van der Waals surface area (Å²) in [6.07, 6.45) is 0. The summed E-state index contributed by atoms with van der Waals surface area (Å²) in [4.78, 5) is 13.5. The Morgan fingerprint density at radius 1 is 1.21 bits per heavy atom. The van der Waals surface area contributed by atoms with Crippen molar-refractivity contribution >= 4 is 39.3 Å². The number of halogens is 3. The summed E-state index contributed by atoms with van der Waals surface area (Å²) in [5.74, 6) is -2.72. The Balaban J connectivity index is 1.92. The molecular weight excluding hydrogens is 398 g/mol. The molecule has 0 heterocycles. The van der Waals surface area contributed by atoms with Gasteiger partial charge in [-0.15, -0.1) is 0 Å². The maximum absolute atomic E-state index is 12.6. The van der Waals surface area contributed by atoms with Crippen LogP contribution in [-0.2, 0) is 11.3 Å². The van der Waals surface area contributed by atoms with Gasteiger partial charge in [0.1, 0.15) is 6.54 Å². The lowest BCUT2D eigenvalue weighted by molar-refractivity contribution is -0.885. The van der Waals surface area contributed by atoms with Crippen LogP contribution < -0.4 is 10.2 Å². The molecule has 128 valence electrons. The summed E-state index contributed by atoms with van der Waals surface area (Å²) in [6, 6.07) is 14.5. The van der Waals surface area contributed by atoms with Gasteiger partial charge in [0.05, 0.1) is 12.7 Å². The lowest BCUT2D eigenvalue weighted by Crippen LogP contribution is -3.08. The van der Waals surface area contributed by atoms with Crippen LogP contribution in [0.5, 0.6) is 0 Å². The predicted octanol–water partition coefficient (Wildman–Crippen LogP) is 3.42. The van der Waals surface area contributed by atoms with Gasteiger partial charge in [-0.1, -0.05) is 52.0 Å². The molecule has 0 saturated carbocycles. The van der Waals surface area contributed by atoms with E-state index in [1.807, 2.05) is 31.3 Å². The Bertz CT molecular complexity index is 683. The summed E-state index contributed by atoms with van der Waals surface area (Å²) < 4.78 is 26.1. The number of alkyl halides is 2. The van der Waals surface area contributed by atoms with Crippen LogP contribution in [0.2, 0.25) is 0 Å². The van der Waals surface area contributed by atoms with E-state index in [0.29, 0.717) is 28.9 Å². The second-order valence-electron chi connectivity index (χ2n) is 5.36. The molecule has 2 aromatic carbocycles. The van der Waals surface area contributed by atoms with E-state index in [9.17, 15) is 13.6 Å². The minimum Gasteiger partial charge on any atom is -0.326 e. The standard InChI is InChI=1S/C17H17BrF2N2OS/c1-22(10-12-6-8-13(18)9-7-12)11-16(23)21-14-4-2-3-5-15(14)24-17(19)20/h2-9,17H,10-11H2,1H3,(H,21,23)/p+1. The van der Waals surface area contributed by atoms with Crippen LogP contribution in [0.25, 0.3) is 0 Å². The molecule has 3 nitrogen and oxygen atoms in total. The molecule has 2 rings (SSSR count). The monoisotopic (exact) mass is 415 g/mol. The Hall–Kier alpha value is -1.44. The van der Waals surface area contributed by atoms with E-state index < -0.39 is 5.76 Å². The van der Waals surface area contributed by atoms with Crippen molar-refractivity contribution in [2.45, 2.75) is 17.2 Å². The van der Waals surface area contributed by atoms with Crippen LogP contribution >= 0.6 is 27.7 Å². The molecule has 0 aliphatic heterocycles. The average Bonchev–Trinajstić information content (AvgIpc) is 2.51. The van der Waals surface area contributed by atoms with Gasteiger partial charge in [0.2, 0.25) is 0 Å². The minimum absolute atomic E-state index is 0.202. The van der Waals surface area contributed by atoms with E-state index in [1.165, 1.54) is 0 Å². The van der Waals surface area contributed by atoms with Crippen molar-refractivity contribution in [1.82, 2.24) is 0 Å². The van der Waals surface area contributed by atoms with Gasteiger partial charge in [-0.3, -0.25) is 4.79 Å². The number of hydrogen-bond acceptors (Lipinski definition) is 2. The second-order valence-corrected chi connectivity index (χ2v) is 7.31. The fourth-order valence-corrected chi connectivity index (χ4v) is 3.11. The maximum atomic E-state index is 12.6. The van der Waals surface area contributed by atoms with Gasteiger partial charge in [0.25, 0.3) is 11.7 Å². The second kappa shape index (κ2) is 9.15. The zero-order valence-electron chi connectivity index (χ0n) is 13.1. The molecule has 1 amide bonds. The predicted molar refractivity (Wildman–Crippen MR) is 96.5 cm³/mol. The number of hydrogen-bond donors (Lipinski definition) is 2. The number of para-hydroxylation sites is 1. The first kappa shape index (κ1) is 18.9. The van der Waals surface area contributed by atoms with Crippen LogP contribution in [0.1, 0.15) is 5.56 Å². The number of amides is 1. The first-order chi connectivity index (χ1) is 11.4. The third-order valence-electron chi connectivity index (χ3n) is 3.26. The SMILES string of the molecule is C[NH+](CC(=O)Nc1ccccc1SC(F)F)Cc1ccc(Br)cc1. The third kappa shape index (κ3) is 6.22. The minimum atomic E-state index is -2.52. The van der Waals surface area contributed by atoms with Gasteiger partial charge in [0.15, 0.2) is 6.54 Å². The first-order valence-corrected chi connectivity index (χ1v) is 9.00. The highest BCUT2D eigenvalue weighted by Crippen LogP contribution is 2.31. The third-order valence-corrected chi connectivity index (χ3v) is 4.58. The van der Waals surface area contributed by atoms with Crippen LogP contribution in [0.4, 0.5) is 14.5 Å². The molecule has 24 heavy (non-hydrogen) atoms.